The molecule has 2 aromatic heterocycles. The van der Waals surface area contributed by atoms with Gasteiger partial charge in [0.2, 0.25) is 0 Å². The molecule has 0 amide bonds. The molecular formula is C14H16N4. The van der Waals surface area contributed by atoms with Crippen molar-refractivity contribution in [3.05, 3.63) is 61.2 Å². The van der Waals surface area contributed by atoms with E-state index in [0.29, 0.717) is 6.54 Å². The zero-order valence-corrected chi connectivity index (χ0v) is 10.4. The molecule has 92 valence electrons. The highest BCUT2D eigenvalue weighted by atomic mass is 15.3. The molecule has 0 fully saturated rings. The number of allylic oxidation sites excluding steroid dienone is 4. The van der Waals surface area contributed by atoms with Crippen molar-refractivity contribution in [3.63, 3.8) is 0 Å². The van der Waals surface area contributed by atoms with Crippen molar-refractivity contribution < 1.29 is 0 Å². The highest BCUT2D eigenvalue weighted by Gasteiger charge is 1.99. The van der Waals surface area contributed by atoms with Crippen LogP contribution in [0.5, 0.6) is 0 Å². The van der Waals surface area contributed by atoms with Crippen LogP contribution >= 0.6 is 0 Å². The van der Waals surface area contributed by atoms with Crippen molar-refractivity contribution in [2.24, 2.45) is 0 Å². The van der Waals surface area contributed by atoms with Crippen molar-refractivity contribution in [1.29, 1.82) is 0 Å². The Hall–Kier alpha value is -2.36. The Labute approximate surface area is 106 Å². The van der Waals surface area contributed by atoms with Gasteiger partial charge in [-0.1, -0.05) is 18.7 Å². The Bertz CT molecular complexity index is 593. The summed E-state index contributed by atoms with van der Waals surface area (Å²) in [7, 11) is 1.88. The van der Waals surface area contributed by atoms with E-state index in [9.17, 15) is 0 Å². The average Bonchev–Trinajstić information content (AvgIpc) is 2.81. The number of likely N-dealkylation sites (N-methyl/N-ethyl adjacent to an activating group) is 1. The van der Waals surface area contributed by atoms with Gasteiger partial charge < -0.3 is 5.32 Å². The second-order valence-electron chi connectivity index (χ2n) is 3.77. The third kappa shape index (κ3) is 2.66. The van der Waals surface area contributed by atoms with E-state index in [4.69, 9.17) is 0 Å². The number of hydrogen-bond donors (Lipinski definition) is 1. The van der Waals surface area contributed by atoms with Crippen molar-refractivity contribution >= 4 is 10.9 Å². The van der Waals surface area contributed by atoms with Crippen LogP contribution in [0.25, 0.3) is 10.9 Å². The van der Waals surface area contributed by atoms with Crippen LogP contribution in [-0.2, 0) is 6.54 Å². The number of rotatable bonds is 5. The summed E-state index contributed by atoms with van der Waals surface area (Å²) >= 11 is 0. The van der Waals surface area contributed by atoms with Gasteiger partial charge in [0.1, 0.15) is 0 Å². The molecule has 2 aromatic rings. The Morgan fingerprint density at radius 1 is 1.50 bits per heavy atom. The standard InChI is InChI=1S/C14H16N4/c1-3-5-13(15-2)6-4-9-18-14-11-16-8-7-12(14)10-17-18/h3-8,10-11,15H,1,9H2,2H3/b6-4-,13-5+. The molecule has 0 aromatic carbocycles. The van der Waals surface area contributed by atoms with Crippen molar-refractivity contribution in [1.82, 2.24) is 20.1 Å². The van der Waals surface area contributed by atoms with Gasteiger partial charge in [-0.25, -0.2) is 0 Å². The second kappa shape index (κ2) is 5.82. The lowest BCUT2D eigenvalue weighted by atomic mass is 10.3. The predicted molar refractivity (Wildman–Crippen MR) is 74.0 cm³/mol. The maximum atomic E-state index is 4.33. The summed E-state index contributed by atoms with van der Waals surface area (Å²) in [5, 5.41) is 8.52. The summed E-state index contributed by atoms with van der Waals surface area (Å²) in [5.74, 6) is 0. The Morgan fingerprint density at radius 3 is 3.17 bits per heavy atom. The molecule has 1 N–H and O–H groups in total. The fourth-order valence-electron chi connectivity index (χ4n) is 1.69. The summed E-state index contributed by atoms with van der Waals surface area (Å²) in [6, 6.07) is 1.96. The normalized spacial score (nSPS) is 12.2. The van der Waals surface area contributed by atoms with Crippen molar-refractivity contribution in [2.75, 3.05) is 7.05 Å². The summed E-state index contributed by atoms with van der Waals surface area (Å²) in [4.78, 5) is 4.11. The Balaban J connectivity index is 2.13. The maximum Gasteiger partial charge on any atom is 0.0869 e. The van der Waals surface area contributed by atoms with Gasteiger partial charge in [-0.15, -0.1) is 0 Å². The largest absolute Gasteiger partial charge is 0.388 e. The fourth-order valence-corrected chi connectivity index (χ4v) is 1.69. The van der Waals surface area contributed by atoms with E-state index in [1.54, 1.807) is 12.3 Å². The summed E-state index contributed by atoms with van der Waals surface area (Å²) in [5.41, 5.74) is 2.06. The monoisotopic (exact) mass is 240 g/mol. The van der Waals surface area contributed by atoms with Crippen LogP contribution in [0, 0.1) is 0 Å². The first kappa shape index (κ1) is 12.1. The van der Waals surface area contributed by atoms with Gasteiger partial charge in [0, 0.05) is 24.3 Å². The number of nitrogens with one attached hydrogen (secondary N) is 1. The van der Waals surface area contributed by atoms with Gasteiger partial charge in [-0.3, -0.25) is 9.67 Å². The highest BCUT2D eigenvalue weighted by Crippen LogP contribution is 2.10. The zero-order valence-electron chi connectivity index (χ0n) is 10.4. The van der Waals surface area contributed by atoms with Gasteiger partial charge in [-0.2, -0.15) is 5.10 Å². The molecule has 0 aliphatic rings. The second-order valence-corrected chi connectivity index (χ2v) is 3.77. The lowest BCUT2D eigenvalue weighted by molar-refractivity contribution is 0.726. The smallest absolute Gasteiger partial charge is 0.0869 e. The van der Waals surface area contributed by atoms with E-state index in [1.807, 2.05) is 48.4 Å². The predicted octanol–water partition coefficient (Wildman–Crippen LogP) is 2.28. The van der Waals surface area contributed by atoms with Gasteiger partial charge >= 0.3 is 0 Å². The first-order valence-corrected chi connectivity index (χ1v) is 5.77. The molecule has 0 radical (unpaired) electrons. The molecule has 4 heteroatoms. The highest BCUT2D eigenvalue weighted by molar-refractivity contribution is 5.77. The minimum atomic E-state index is 0.714. The quantitative estimate of drug-likeness (QED) is 0.815. The maximum absolute atomic E-state index is 4.33. The number of pyridine rings is 1. The van der Waals surface area contributed by atoms with Crippen LogP contribution in [0.15, 0.2) is 61.2 Å². The topological polar surface area (TPSA) is 42.7 Å². The van der Waals surface area contributed by atoms with E-state index in [-0.39, 0.29) is 0 Å². The molecule has 0 unspecified atom stereocenters. The van der Waals surface area contributed by atoms with E-state index in [1.165, 1.54) is 0 Å². The number of hydrogen-bond acceptors (Lipinski definition) is 3. The Morgan fingerprint density at radius 2 is 2.39 bits per heavy atom. The van der Waals surface area contributed by atoms with Crippen LogP contribution in [0.2, 0.25) is 0 Å². The molecule has 0 saturated heterocycles. The van der Waals surface area contributed by atoms with Crippen LogP contribution in [0.1, 0.15) is 0 Å². The van der Waals surface area contributed by atoms with Crippen LogP contribution < -0.4 is 5.32 Å². The van der Waals surface area contributed by atoms with Gasteiger partial charge in [-0.05, 0) is 18.2 Å². The molecular weight excluding hydrogens is 224 g/mol. The number of aromatic nitrogens is 3. The molecule has 18 heavy (non-hydrogen) atoms. The minimum absolute atomic E-state index is 0.714. The lowest BCUT2D eigenvalue weighted by Crippen LogP contribution is -2.03. The van der Waals surface area contributed by atoms with E-state index in [2.05, 4.69) is 22.0 Å². The minimum Gasteiger partial charge on any atom is -0.388 e. The first-order valence-electron chi connectivity index (χ1n) is 5.77. The average molecular weight is 240 g/mol. The van der Waals surface area contributed by atoms with E-state index < -0.39 is 0 Å². The summed E-state index contributed by atoms with van der Waals surface area (Å²) in [6.45, 7) is 4.38. The lowest BCUT2D eigenvalue weighted by Gasteiger charge is -2.00. The summed E-state index contributed by atoms with van der Waals surface area (Å²) in [6.07, 6.45) is 13.2. The fraction of sp³-hybridized carbons (Fsp3) is 0.143. The number of nitrogens with zero attached hydrogens (tertiary/aromatic N) is 3. The molecule has 0 aliphatic carbocycles. The summed E-state index contributed by atoms with van der Waals surface area (Å²) < 4.78 is 1.92. The zero-order chi connectivity index (χ0) is 12.8. The molecule has 2 heterocycles. The van der Waals surface area contributed by atoms with E-state index >= 15 is 0 Å². The first-order chi connectivity index (χ1) is 8.85. The van der Waals surface area contributed by atoms with Gasteiger partial charge in [0.25, 0.3) is 0 Å². The van der Waals surface area contributed by atoms with E-state index in [0.717, 1.165) is 16.6 Å². The molecule has 0 bridgehead atoms. The Kier molecular flexibility index (Phi) is 3.91. The van der Waals surface area contributed by atoms with Crippen LogP contribution in [0.4, 0.5) is 0 Å². The molecule has 4 nitrogen and oxygen atoms in total. The van der Waals surface area contributed by atoms with Crippen molar-refractivity contribution in [2.45, 2.75) is 6.54 Å². The molecule has 0 spiro atoms. The van der Waals surface area contributed by atoms with Gasteiger partial charge in [0.05, 0.1) is 24.5 Å². The SMILES string of the molecule is C=C/C=C(\C=C/Cn1ncc2ccncc21)NC. The number of fused-ring (bicyclic) bond motifs is 1. The van der Waals surface area contributed by atoms with Crippen LogP contribution in [0.3, 0.4) is 0 Å². The third-order valence-corrected chi connectivity index (χ3v) is 2.61. The molecule has 0 atom stereocenters. The van der Waals surface area contributed by atoms with Gasteiger partial charge in [0.15, 0.2) is 0 Å². The van der Waals surface area contributed by atoms with Crippen LogP contribution in [-0.4, -0.2) is 21.8 Å². The molecule has 0 aliphatic heterocycles. The van der Waals surface area contributed by atoms with Crippen molar-refractivity contribution in [3.8, 4) is 0 Å². The molecule has 0 saturated carbocycles. The molecule has 2 rings (SSSR count). The third-order valence-electron chi connectivity index (χ3n) is 2.61.